The summed E-state index contributed by atoms with van der Waals surface area (Å²) >= 11 is 0. The molecule has 0 unspecified atom stereocenters. The first kappa shape index (κ1) is 10.5. The van der Waals surface area contributed by atoms with Gasteiger partial charge in [-0.15, -0.1) is 0 Å². The average Bonchev–Trinajstić information content (AvgIpc) is 2.00. The highest BCUT2D eigenvalue weighted by molar-refractivity contribution is 4.98. The van der Waals surface area contributed by atoms with Gasteiger partial charge in [-0.05, 0) is 61.2 Å². The van der Waals surface area contributed by atoms with Crippen molar-refractivity contribution in [2.75, 3.05) is 0 Å². The molecular formula is C14H26. The van der Waals surface area contributed by atoms with Gasteiger partial charge >= 0.3 is 0 Å². The van der Waals surface area contributed by atoms with Crippen LogP contribution in [0.3, 0.4) is 0 Å². The van der Waals surface area contributed by atoms with E-state index in [0.717, 1.165) is 17.3 Å². The van der Waals surface area contributed by atoms with Crippen LogP contribution in [0.4, 0.5) is 0 Å². The molecule has 0 radical (unpaired) electrons. The van der Waals surface area contributed by atoms with Crippen LogP contribution in [0.1, 0.15) is 66.2 Å². The van der Waals surface area contributed by atoms with E-state index in [-0.39, 0.29) is 0 Å². The van der Waals surface area contributed by atoms with Crippen molar-refractivity contribution in [3.63, 3.8) is 0 Å². The van der Waals surface area contributed by atoms with Gasteiger partial charge in [-0.1, -0.05) is 27.7 Å². The van der Waals surface area contributed by atoms with Gasteiger partial charge in [0.2, 0.25) is 0 Å². The van der Waals surface area contributed by atoms with Gasteiger partial charge < -0.3 is 0 Å². The maximum Gasteiger partial charge on any atom is -0.0292 e. The van der Waals surface area contributed by atoms with Gasteiger partial charge in [0.05, 0.1) is 0 Å². The van der Waals surface area contributed by atoms with Crippen molar-refractivity contribution in [1.29, 1.82) is 0 Å². The Morgan fingerprint density at radius 1 is 0.929 bits per heavy atom. The summed E-state index contributed by atoms with van der Waals surface area (Å²) in [6.07, 6.45) is 9.06. The molecule has 2 fully saturated rings. The third-order valence-electron chi connectivity index (χ3n) is 5.00. The van der Waals surface area contributed by atoms with Gasteiger partial charge in [-0.2, -0.15) is 0 Å². The lowest BCUT2D eigenvalue weighted by Crippen LogP contribution is -2.43. The average molecular weight is 194 g/mol. The second kappa shape index (κ2) is 3.25. The minimum absolute atomic E-state index is 0.647. The molecule has 0 aromatic carbocycles. The van der Waals surface area contributed by atoms with Gasteiger partial charge in [0.25, 0.3) is 0 Å². The quantitative estimate of drug-likeness (QED) is 0.570. The number of hydrogen-bond acceptors (Lipinski definition) is 0. The lowest BCUT2D eigenvalue weighted by Gasteiger charge is -2.54. The topological polar surface area (TPSA) is 0 Å². The first-order valence-corrected chi connectivity index (χ1v) is 6.43. The van der Waals surface area contributed by atoms with Crippen molar-refractivity contribution in [2.24, 2.45) is 22.7 Å². The predicted molar refractivity (Wildman–Crippen MR) is 62.2 cm³/mol. The zero-order valence-corrected chi connectivity index (χ0v) is 10.4. The Bertz CT molecular complexity index is 187. The van der Waals surface area contributed by atoms with Crippen LogP contribution in [-0.2, 0) is 0 Å². The summed E-state index contributed by atoms with van der Waals surface area (Å²) < 4.78 is 0. The molecule has 0 saturated heterocycles. The first-order chi connectivity index (χ1) is 6.43. The molecule has 0 heteroatoms. The Hall–Kier alpha value is 0. The van der Waals surface area contributed by atoms with Crippen molar-refractivity contribution in [2.45, 2.75) is 66.2 Å². The normalized spacial score (nSPS) is 30.6. The molecule has 0 amide bonds. The van der Waals surface area contributed by atoms with Crippen LogP contribution in [0, 0.1) is 22.7 Å². The fourth-order valence-electron chi connectivity index (χ4n) is 3.39. The molecule has 1 spiro atoms. The Labute approximate surface area is 89.5 Å². The molecule has 82 valence electrons. The predicted octanol–water partition coefficient (Wildman–Crippen LogP) is 4.64. The van der Waals surface area contributed by atoms with Gasteiger partial charge in [-0.25, -0.2) is 0 Å². The summed E-state index contributed by atoms with van der Waals surface area (Å²) in [4.78, 5) is 0. The van der Waals surface area contributed by atoms with Crippen LogP contribution < -0.4 is 0 Å². The van der Waals surface area contributed by atoms with E-state index in [1.807, 2.05) is 0 Å². The van der Waals surface area contributed by atoms with E-state index in [2.05, 4.69) is 27.7 Å². The molecule has 0 aliphatic heterocycles. The number of hydrogen-bond donors (Lipinski definition) is 0. The van der Waals surface area contributed by atoms with E-state index in [1.165, 1.54) is 25.7 Å². The smallest absolute Gasteiger partial charge is 0.0292 e. The van der Waals surface area contributed by atoms with E-state index in [1.54, 1.807) is 12.8 Å². The first-order valence-electron chi connectivity index (χ1n) is 6.43. The van der Waals surface area contributed by atoms with Crippen LogP contribution in [0.5, 0.6) is 0 Å². The van der Waals surface area contributed by atoms with Crippen molar-refractivity contribution in [3.8, 4) is 0 Å². The zero-order chi connectivity index (χ0) is 10.4. The van der Waals surface area contributed by atoms with Crippen LogP contribution in [-0.4, -0.2) is 0 Å². The molecule has 2 aliphatic carbocycles. The highest BCUT2D eigenvalue weighted by Gasteiger charge is 2.47. The molecule has 0 N–H and O–H groups in total. The molecule has 2 rings (SSSR count). The van der Waals surface area contributed by atoms with E-state index >= 15 is 0 Å². The van der Waals surface area contributed by atoms with Crippen molar-refractivity contribution in [1.82, 2.24) is 0 Å². The summed E-state index contributed by atoms with van der Waals surface area (Å²) in [5.74, 6) is 1.98. The van der Waals surface area contributed by atoms with E-state index < -0.39 is 0 Å². The molecule has 2 aliphatic rings. The van der Waals surface area contributed by atoms with Gasteiger partial charge in [0.1, 0.15) is 0 Å². The summed E-state index contributed by atoms with van der Waals surface area (Å²) in [5.41, 5.74) is 1.46. The van der Waals surface area contributed by atoms with Gasteiger partial charge in [0, 0.05) is 0 Å². The Balaban J connectivity index is 1.86. The fourth-order valence-corrected chi connectivity index (χ4v) is 3.39. The molecule has 0 aromatic rings. The molecular weight excluding hydrogens is 168 g/mol. The summed E-state index contributed by atoms with van der Waals surface area (Å²) in [5, 5.41) is 0. The van der Waals surface area contributed by atoms with Crippen LogP contribution in [0.15, 0.2) is 0 Å². The highest BCUT2D eigenvalue weighted by atomic mass is 14.5. The van der Waals surface area contributed by atoms with Crippen molar-refractivity contribution in [3.05, 3.63) is 0 Å². The second-order valence-electron chi connectivity index (χ2n) is 7.08. The van der Waals surface area contributed by atoms with Crippen LogP contribution in [0.25, 0.3) is 0 Å². The number of rotatable bonds is 1. The monoisotopic (exact) mass is 194 g/mol. The van der Waals surface area contributed by atoms with E-state index in [0.29, 0.717) is 5.41 Å². The Morgan fingerprint density at radius 3 is 1.86 bits per heavy atom. The SMILES string of the molecule is CC(C)C1CC2(CCC(C)(C)CC2)C1. The molecule has 0 nitrogen and oxygen atoms in total. The van der Waals surface area contributed by atoms with Crippen molar-refractivity contribution < 1.29 is 0 Å². The largest absolute Gasteiger partial charge is 0.0625 e. The van der Waals surface area contributed by atoms with Crippen LogP contribution in [0.2, 0.25) is 0 Å². The lowest BCUT2D eigenvalue weighted by molar-refractivity contribution is -0.0350. The maximum absolute atomic E-state index is 2.44. The van der Waals surface area contributed by atoms with Crippen molar-refractivity contribution >= 4 is 0 Å². The molecule has 2 saturated carbocycles. The molecule has 0 heterocycles. The van der Waals surface area contributed by atoms with E-state index in [4.69, 9.17) is 0 Å². The highest BCUT2D eigenvalue weighted by Crippen LogP contribution is 2.59. The summed E-state index contributed by atoms with van der Waals surface area (Å²) in [6.45, 7) is 9.67. The van der Waals surface area contributed by atoms with Gasteiger partial charge in [0.15, 0.2) is 0 Å². The van der Waals surface area contributed by atoms with Gasteiger partial charge in [-0.3, -0.25) is 0 Å². The molecule has 14 heavy (non-hydrogen) atoms. The minimum atomic E-state index is 0.647. The fraction of sp³-hybridized carbons (Fsp3) is 1.00. The second-order valence-corrected chi connectivity index (χ2v) is 7.08. The Kier molecular flexibility index (Phi) is 2.44. The lowest BCUT2D eigenvalue weighted by atomic mass is 9.51. The molecule has 0 bridgehead atoms. The van der Waals surface area contributed by atoms with Crippen LogP contribution >= 0.6 is 0 Å². The molecule has 0 aromatic heterocycles. The summed E-state index contributed by atoms with van der Waals surface area (Å²) in [6, 6.07) is 0. The Morgan fingerprint density at radius 2 is 1.43 bits per heavy atom. The maximum atomic E-state index is 2.44. The standard InChI is InChI=1S/C14H26/c1-11(2)12-9-14(10-12)7-5-13(3,4)6-8-14/h11-12H,5-10H2,1-4H3. The molecule has 0 atom stereocenters. The minimum Gasteiger partial charge on any atom is -0.0625 e. The third kappa shape index (κ3) is 1.85. The zero-order valence-electron chi connectivity index (χ0n) is 10.4. The van der Waals surface area contributed by atoms with E-state index in [9.17, 15) is 0 Å². The third-order valence-corrected chi connectivity index (χ3v) is 5.00. The summed E-state index contributed by atoms with van der Waals surface area (Å²) in [7, 11) is 0.